The summed E-state index contributed by atoms with van der Waals surface area (Å²) in [5.41, 5.74) is 1.91. The smallest absolute Gasteiger partial charge is 0.0794 e. The Balaban J connectivity index is 1.88. The summed E-state index contributed by atoms with van der Waals surface area (Å²) in [5.74, 6) is 0.612. The first-order valence-electron chi connectivity index (χ1n) is 6.08. The molecule has 0 spiro atoms. The van der Waals surface area contributed by atoms with Gasteiger partial charge in [0.2, 0.25) is 0 Å². The number of nitrogens with zero attached hydrogens (tertiary/aromatic N) is 1. The molecule has 0 amide bonds. The van der Waals surface area contributed by atoms with Gasteiger partial charge in [-0.1, -0.05) is 6.92 Å². The predicted molar refractivity (Wildman–Crippen MR) is 66.8 cm³/mol. The summed E-state index contributed by atoms with van der Waals surface area (Å²) in [6.45, 7) is 5.12. The standard InChI is InChI=1S/C12H20N2OS/c1-2-4-14-12-3-5-15-8-10(12)6-11-7-13-9-16-11/h7,9-10,12,14H,2-6,8H2,1H3. The molecule has 0 bridgehead atoms. The third-order valence-corrected chi connectivity index (χ3v) is 3.88. The van der Waals surface area contributed by atoms with Crippen LogP contribution in [0.4, 0.5) is 0 Å². The van der Waals surface area contributed by atoms with Gasteiger partial charge >= 0.3 is 0 Å². The van der Waals surface area contributed by atoms with Crippen molar-refractivity contribution >= 4 is 11.3 Å². The highest BCUT2D eigenvalue weighted by molar-refractivity contribution is 7.09. The molecule has 2 unspecified atom stereocenters. The lowest BCUT2D eigenvalue weighted by Gasteiger charge is -2.32. The number of nitrogens with one attached hydrogen (secondary N) is 1. The topological polar surface area (TPSA) is 34.1 Å². The van der Waals surface area contributed by atoms with Crippen molar-refractivity contribution in [2.45, 2.75) is 32.2 Å². The molecule has 90 valence electrons. The van der Waals surface area contributed by atoms with Crippen LogP contribution in [0.25, 0.3) is 0 Å². The highest BCUT2D eigenvalue weighted by atomic mass is 32.1. The van der Waals surface area contributed by atoms with Crippen LogP contribution in [0.15, 0.2) is 11.7 Å². The van der Waals surface area contributed by atoms with E-state index in [1.165, 1.54) is 11.3 Å². The Bertz CT molecular complexity index is 289. The van der Waals surface area contributed by atoms with Crippen LogP contribution in [0.2, 0.25) is 0 Å². The van der Waals surface area contributed by atoms with Gasteiger partial charge < -0.3 is 10.1 Å². The number of thiazole rings is 1. The SMILES string of the molecule is CCCNC1CCOCC1Cc1cncs1. The summed E-state index contributed by atoms with van der Waals surface area (Å²) in [5, 5.41) is 3.64. The van der Waals surface area contributed by atoms with Crippen molar-refractivity contribution in [3.05, 3.63) is 16.6 Å². The van der Waals surface area contributed by atoms with Crippen molar-refractivity contribution in [3.63, 3.8) is 0 Å². The van der Waals surface area contributed by atoms with E-state index in [-0.39, 0.29) is 0 Å². The Hall–Kier alpha value is -0.450. The van der Waals surface area contributed by atoms with Crippen molar-refractivity contribution in [1.29, 1.82) is 0 Å². The Morgan fingerprint density at radius 3 is 3.31 bits per heavy atom. The molecular weight excluding hydrogens is 220 g/mol. The Morgan fingerprint density at radius 1 is 1.62 bits per heavy atom. The van der Waals surface area contributed by atoms with Crippen molar-refractivity contribution < 1.29 is 4.74 Å². The fraction of sp³-hybridized carbons (Fsp3) is 0.750. The van der Waals surface area contributed by atoms with Crippen LogP contribution in [-0.4, -0.2) is 30.8 Å². The largest absolute Gasteiger partial charge is 0.381 e. The van der Waals surface area contributed by atoms with E-state index < -0.39 is 0 Å². The molecule has 0 aromatic carbocycles. The molecule has 16 heavy (non-hydrogen) atoms. The minimum Gasteiger partial charge on any atom is -0.381 e. The molecule has 2 rings (SSSR count). The summed E-state index contributed by atoms with van der Waals surface area (Å²) in [6.07, 6.45) is 5.43. The van der Waals surface area contributed by atoms with Gasteiger partial charge in [-0.2, -0.15) is 0 Å². The van der Waals surface area contributed by atoms with E-state index in [9.17, 15) is 0 Å². The van der Waals surface area contributed by atoms with Gasteiger partial charge in [0.05, 0.1) is 12.1 Å². The van der Waals surface area contributed by atoms with E-state index in [0.29, 0.717) is 12.0 Å². The van der Waals surface area contributed by atoms with Gasteiger partial charge in [-0.25, -0.2) is 0 Å². The predicted octanol–water partition coefficient (Wildman–Crippen LogP) is 2.09. The molecule has 2 atom stereocenters. The summed E-state index contributed by atoms with van der Waals surface area (Å²) in [7, 11) is 0. The van der Waals surface area contributed by atoms with Gasteiger partial charge in [-0.3, -0.25) is 4.98 Å². The van der Waals surface area contributed by atoms with Gasteiger partial charge in [-0.15, -0.1) is 11.3 Å². The zero-order valence-electron chi connectivity index (χ0n) is 9.82. The van der Waals surface area contributed by atoms with Crippen LogP contribution in [0, 0.1) is 5.92 Å². The molecular formula is C12H20N2OS. The average Bonchev–Trinajstić information content (AvgIpc) is 2.81. The molecule has 4 heteroatoms. The van der Waals surface area contributed by atoms with Crippen LogP contribution in [-0.2, 0) is 11.2 Å². The quantitative estimate of drug-likeness (QED) is 0.855. The van der Waals surface area contributed by atoms with Crippen LogP contribution < -0.4 is 5.32 Å². The van der Waals surface area contributed by atoms with Gasteiger partial charge in [0.1, 0.15) is 0 Å². The van der Waals surface area contributed by atoms with Crippen molar-refractivity contribution in [2.24, 2.45) is 5.92 Å². The van der Waals surface area contributed by atoms with Crippen LogP contribution >= 0.6 is 11.3 Å². The minimum atomic E-state index is 0.612. The molecule has 3 nitrogen and oxygen atoms in total. The molecule has 0 saturated carbocycles. The molecule has 1 aromatic heterocycles. The third kappa shape index (κ3) is 3.27. The van der Waals surface area contributed by atoms with Crippen molar-refractivity contribution in [3.8, 4) is 0 Å². The molecule has 1 N–H and O–H groups in total. The maximum atomic E-state index is 5.59. The fourth-order valence-corrected chi connectivity index (χ4v) is 2.89. The zero-order valence-corrected chi connectivity index (χ0v) is 10.6. The van der Waals surface area contributed by atoms with E-state index in [1.54, 1.807) is 11.3 Å². The maximum Gasteiger partial charge on any atom is 0.0794 e. The number of rotatable bonds is 5. The highest BCUT2D eigenvalue weighted by Crippen LogP contribution is 2.21. The second-order valence-corrected chi connectivity index (χ2v) is 5.33. The summed E-state index contributed by atoms with van der Waals surface area (Å²) < 4.78 is 5.59. The monoisotopic (exact) mass is 240 g/mol. The summed E-state index contributed by atoms with van der Waals surface area (Å²) >= 11 is 1.75. The molecule has 0 aliphatic carbocycles. The van der Waals surface area contributed by atoms with E-state index in [4.69, 9.17) is 4.74 Å². The normalized spacial score (nSPS) is 25.8. The van der Waals surface area contributed by atoms with Crippen LogP contribution in [0.3, 0.4) is 0 Å². The fourth-order valence-electron chi connectivity index (χ4n) is 2.20. The number of aromatic nitrogens is 1. The second kappa shape index (κ2) is 6.33. The molecule has 0 radical (unpaired) electrons. The molecule has 2 heterocycles. The molecule has 1 fully saturated rings. The van der Waals surface area contributed by atoms with E-state index in [2.05, 4.69) is 17.2 Å². The molecule has 1 aromatic rings. The van der Waals surface area contributed by atoms with E-state index in [1.807, 2.05) is 11.7 Å². The van der Waals surface area contributed by atoms with Crippen LogP contribution in [0.5, 0.6) is 0 Å². The lowest BCUT2D eigenvalue weighted by Crippen LogP contribution is -2.43. The first kappa shape index (κ1) is 12.0. The van der Waals surface area contributed by atoms with Crippen LogP contribution in [0.1, 0.15) is 24.6 Å². The van der Waals surface area contributed by atoms with E-state index >= 15 is 0 Å². The van der Waals surface area contributed by atoms with Crippen molar-refractivity contribution in [1.82, 2.24) is 10.3 Å². The molecule has 1 aliphatic heterocycles. The van der Waals surface area contributed by atoms with Gasteiger partial charge in [-0.05, 0) is 25.8 Å². The van der Waals surface area contributed by atoms with Crippen molar-refractivity contribution in [2.75, 3.05) is 19.8 Å². The molecule has 1 aliphatic rings. The van der Waals surface area contributed by atoms with Gasteiger partial charge in [0.15, 0.2) is 0 Å². The lowest BCUT2D eigenvalue weighted by molar-refractivity contribution is 0.0325. The maximum absolute atomic E-state index is 5.59. The number of hydrogen-bond donors (Lipinski definition) is 1. The van der Waals surface area contributed by atoms with Gasteiger partial charge in [0.25, 0.3) is 0 Å². The Kier molecular flexibility index (Phi) is 4.75. The highest BCUT2D eigenvalue weighted by Gasteiger charge is 2.25. The molecule has 1 saturated heterocycles. The first-order valence-corrected chi connectivity index (χ1v) is 6.96. The zero-order chi connectivity index (χ0) is 11.2. The minimum absolute atomic E-state index is 0.612. The Morgan fingerprint density at radius 2 is 2.56 bits per heavy atom. The van der Waals surface area contributed by atoms with Gasteiger partial charge in [0, 0.05) is 29.6 Å². The second-order valence-electron chi connectivity index (χ2n) is 4.36. The number of ether oxygens (including phenoxy) is 1. The third-order valence-electron chi connectivity index (χ3n) is 3.08. The first-order chi connectivity index (χ1) is 7.90. The average molecular weight is 240 g/mol. The summed E-state index contributed by atoms with van der Waals surface area (Å²) in [6, 6.07) is 0.621. The summed E-state index contributed by atoms with van der Waals surface area (Å²) in [4.78, 5) is 5.51. The Labute approximate surface area is 101 Å². The lowest BCUT2D eigenvalue weighted by atomic mass is 9.92. The number of hydrogen-bond acceptors (Lipinski definition) is 4. The van der Waals surface area contributed by atoms with E-state index in [0.717, 1.165) is 32.6 Å².